The number of hydrogen-bond acceptors (Lipinski definition) is 7. The molecule has 0 fully saturated rings. The molecule has 0 aliphatic rings. The van der Waals surface area contributed by atoms with Crippen molar-refractivity contribution >= 4 is 39.2 Å². The highest BCUT2D eigenvalue weighted by molar-refractivity contribution is 7.18. The molecule has 0 radical (unpaired) electrons. The van der Waals surface area contributed by atoms with Crippen molar-refractivity contribution in [3.63, 3.8) is 0 Å². The molecular formula is C21H20N2O5S. The van der Waals surface area contributed by atoms with Crippen molar-refractivity contribution in [2.75, 3.05) is 13.2 Å². The second kappa shape index (κ2) is 9.90. The molecule has 150 valence electrons. The van der Waals surface area contributed by atoms with Crippen LogP contribution in [0.5, 0.6) is 0 Å². The van der Waals surface area contributed by atoms with Crippen molar-refractivity contribution in [3.05, 3.63) is 64.7 Å². The van der Waals surface area contributed by atoms with Gasteiger partial charge in [0.1, 0.15) is 11.6 Å². The first-order valence-corrected chi connectivity index (χ1v) is 9.77. The van der Waals surface area contributed by atoms with Crippen molar-refractivity contribution in [2.24, 2.45) is 0 Å². The molecule has 0 saturated carbocycles. The first-order chi connectivity index (χ1) is 14.0. The van der Waals surface area contributed by atoms with E-state index in [9.17, 15) is 14.4 Å². The Morgan fingerprint density at radius 2 is 1.79 bits per heavy atom. The van der Waals surface area contributed by atoms with Crippen LogP contribution in [0.3, 0.4) is 0 Å². The maximum atomic E-state index is 12.1. The highest BCUT2D eigenvalue weighted by Crippen LogP contribution is 2.21. The summed E-state index contributed by atoms with van der Waals surface area (Å²) in [5, 5.41) is 3.45. The molecule has 29 heavy (non-hydrogen) atoms. The summed E-state index contributed by atoms with van der Waals surface area (Å²) in [6.45, 7) is 1.44. The molecule has 0 atom stereocenters. The van der Waals surface area contributed by atoms with Crippen molar-refractivity contribution < 1.29 is 23.9 Å². The van der Waals surface area contributed by atoms with E-state index >= 15 is 0 Å². The van der Waals surface area contributed by atoms with Crippen molar-refractivity contribution in [1.29, 1.82) is 0 Å². The monoisotopic (exact) mass is 412 g/mol. The number of hydrogen-bond donors (Lipinski definition) is 1. The van der Waals surface area contributed by atoms with Crippen LogP contribution in [0, 0.1) is 0 Å². The number of carbonyl (C=O) groups excluding carboxylic acids is 3. The largest absolute Gasteiger partial charge is 0.456 e. The van der Waals surface area contributed by atoms with Crippen LogP contribution in [0.25, 0.3) is 10.2 Å². The summed E-state index contributed by atoms with van der Waals surface area (Å²) in [5.41, 5.74) is 2.20. The fraction of sp³-hybridized carbons (Fsp3) is 0.238. The third kappa shape index (κ3) is 6.20. The van der Waals surface area contributed by atoms with Gasteiger partial charge in [-0.3, -0.25) is 9.59 Å². The van der Waals surface area contributed by atoms with E-state index in [4.69, 9.17) is 9.47 Å². The van der Waals surface area contributed by atoms with Gasteiger partial charge in [-0.2, -0.15) is 0 Å². The summed E-state index contributed by atoms with van der Waals surface area (Å²) in [5.74, 6) is -1.04. The zero-order valence-corrected chi connectivity index (χ0v) is 16.7. The average Bonchev–Trinajstić information content (AvgIpc) is 3.13. The molecule has 0 unspecified atom stereocenters. The normalized spacial score (nSPS) is 10.7. The lowest BCUT2D eigenvalue weighted by Gasteiger charge is -2.06. The molecule has 0 aliphatic heterocycles. The second-order valence-electron chi connectivity index (χ2n) is 6.26. The molecule has 3 aromatic rings. The molecule has 3 rings (SSSR count). The summed E-state index contributed by atoms with van der Waals surface area (Å²) in [6.07, 6.45) is 0. The lowest BCUT2D eigenvalue weighted by Crippen LogP contribution is -2.19. The number of rotatable bonds is 9. The topological polar surface area (TPSA) is 94.6 Å². The number of ketones is 1. The lowest BCUT2D eigenvalue weighted by molar-refractivity contribution is -0.148. The van der Waals surface area contributed by atoms with Gasteiger partial charge in [-0.15, -0.1) is 11.3 Å². The van der Waals surface area contributed by atoms with Crippen LogP contribution < -0.4 is 5.32 Å². The Balaban J connectivity index is 1.39. The van der Waals surface area contributed by atoms with Gasteiger partial charge in [-0.25, -0.2) is 9.78 Å². The Bertz CT molecular complexity index is 980. The van der Waals surface area contributed by atoms with E-state index in [0.29, 0.717) is 12.1 Å². The minimum atomic E-state index is -0.610. The first kappa shape index (κ1) is 20.6. The number of aromatic nitrogens is 1. The van der Waals surface area contributed by atoms with E-state index in [1.807, 2.05) is 24.3 Å². The number of amides is 1. The number of Topliss-reactive ketones (excluding diaryl/α,β-unsaturated/α-hetero) is 1. The van der Waals surface area contributed by atoms with Crippen LogP contribution in [-0.4, -0.2) is 35.9 Å². The van der Waals surface area contributed by atoms with E-state index in [-0.39, 0.29) is 31.5 Å². The molecule has 7 nitrogen and oxygen atoms in total. The van der Waals surface area contributed by atoms with Gasteiger partial charge >= 0.3 is 5.97 Å². The zero-order valence-electron chi connectivity index (χ0n) is 15.8. The van der Waals surface area contributed by atoms with Gasteiger partial charge in [0.15, 0.2) is 12.4 Å². The zero-order chi connectivity index (χ0) is 20.6. The van der Waals surface area contributed by atoms with Gasteiger partial charge in [0.2, 0.25) is 5.91 Å². The summed E-state index contributed by atoms with van der Waals surface area (Å²) in [4.78, 5) is 39.2. The molecule has 1 aromatic heterocycles. The average molecular weight is 412 g/mol. The number of thiazole rings is 1. The molecule has 1 amide bonds. The highest BCUT2D eigenvalue weighted by atomic mass is 32.1. The van der Waals surface area contributed by atoms with E-state index in [0.717, 1.165) is 20.8 Å². The van der Waals surface area contributed by atoms with Crippen LogP contribution in [0.2, 0.25) is 0 Å². The van der Waals surface area contributed by atoms with E-state index in [1.54, 1.807) is 24.3 Å². The molecule has 2 aromatic carbocycles. The van der Waals surface area contributed by atoms with E-state index in [2.05, 4.69) is 10.3 Å². The molecule has 0 aliphatic carbocycles. The smallest absolute Gasteiger partial charge is 0.332 e. The fourth-order valence-electron chi connectivity index (χ4n) is 2.51. The highest BCUT2D eigenvalue weighted by Gasteiger charge is 2.11. The summed E-state index contributed by atoms with van der Waals surface area (Å²) in [7, 11) is 0. The third-order valence-electron chi connectivity index (χ3n) is 3.97. The number of benzene rings is 2. The molecule has 0 spiro atoms. The second-order valence-corrected chi connectivity index (χ2v) is 7.37. The Kier molecular flexibility index (Phi) is 7.04. The van der Waals surface area contributed by atoms with Gasteiger partial charge in [0.25, 0.3) is 0 Å². The quantitative estimate of drug-likeness (QED) is 0.429. The minimum Gasteiger partial charge on any atom is -0.456 e. The summed E-state index contributed by atoms with van der Waals surface area (Å²) >= 11 is 1.51. The molecular weight excluding hydrogens is 392 g/mol. The van der Waals surface area contributed by atoms with Gasteiger partial charge in [-0.05, 0) is 17.7 Å². The van der Waals surface area contributed by atoms with Crippen LogP contribution >= 0.6 is 11.3 Å². The molecule has 8 heteroatoms. The Hall–Kier alpha value is -3.10. The number of ether oxygens (including phenoxy) is 2. The predicted octanol–water partition coefficient (Wildman–Crippen LogP) is 2.88. The fourth-order valence-corrected chi connectivity index (χ4v) is 3.41. The van der Waals surface area contributed by atoms with Gasteiger partial charge in [0, 0.05) is 19.0 Å². The van der Waals surface area contributed by atoms with Gasteiger partial charge < -0.3 is 14.8 Å². The number of para-hydroxylation sites is 1. The van der Waals surface area contributed by atoms with Crippen LogP contribution in [0.1, 0.15) is 27.9 Å². The number of nitrogens with zero attached hydrogens (tertiary/aromatic N) is 1. The summed E-state index contributed by atoms with van der Waals surface area (Å²) < 4.78 is 11.4. The number of esters is 1. The summed E-state index contributed by atoms with van der Waals surface area (Å²) in [6, 6.07) is 14.5. The molecule has 1 heterocycles. The SMILES string of the molecule is CC(=O)NCc1ccc(C(=O)COC(=O)COCc2nc3ccccc3s2)cc1. The van der Waals surface area contributed by atoms with Crippen molar-refractivity contribution in [2.45, 2.75) is 20.1 Å². The van der Waals surface area contributed by atoms with Crippen LogP contribution in [-0.2, 0) is 32.2 Å². The Morgan fingerprint density at radius 1 is 1.03 bits per heavy atom. The Morgan fingerprint density at radius 3 is 2.52 bits per heavy atom. The maximum Gasteiger partial charge on any atom is 0.332 e. The van der Waals surface area contributed by atoms with Crippen LogP contribution in [0.4, 0.5) is 0 Å². The van der Waals surface area contributed by atoms with E-state index < -0.39 is 5.97 Å². The number of fused-ring (bicyclic) bond motifs is 1. The van der Waals surface area contributed by atoms with E-state index in [1.165, 1.54) is 18.3 Å². The first-order valence-electron chi connectivity index (χ1n) is 8.95. The van der Waals surface area contributed by atoms with Gasteiger partial charge in [0.05, 0.1) is 16.8 Å². The minimum absolute atomic E-state index is 0.123. The van der Waals surface area contributed by atoms with Crippen molar-refractivity contribution in [3.8, 4) is 0 Å². The molecule has 0 bridgehead atoms. The van der Waals surface area contributed by atoms with Crippen LogP contribution in [0.15, 0.2) is 48.5 Å². The molecule has 1 N–H and O–H groups in total. The number of nitrogens with one attached hydrogen (secondary N) is 1. The lowest BCUT2D eigenvalue weighted by atomic mass is 10.1. The van der Waals surface area contributed by atoms with Gasteiger partial charge in [-0.1, -0.05) is 36.4 Å². The predicted molar refractivity (Wildman–Crippen MR) is 109 cm³/mol. The Labute approximate surface area is 171 Å². The van der Waals surface area contributed by atoms with Crippen molar-refractivity contribution in [1.82, 2.24) is 10.3 Å². The number of carbonyl (C=O) groups is 3. The maximum absolute atomic E-state index is 12.1. The molecule has 0 saturated heterocycles. The third-order valence-corrected chi connectivity index (χ3v) is 4.98. The standard InChI is InChI=1S/C21H20N2O5S/c1-14(24)22-10-15-6-8-16(9-7-15)18(25)11-28-21(26)13-27-12-20-23-17-4-2-3-5-19(17)29-20/h2-9H,10-13H2,1H3,(H,22,24).